The van der Waals surface area contributed by atoms with E-state index in [-0.39, 0.29) is 96.2 Å². The Hall–Kier alpha value is 3.04. The van der Waals surface area contributed by atoms with Gasteiger partial charge in [-0.05, 0) is 0 Å². The molecule has 0 saturated heterocycles. The average Bonchev–Trinajstić information content (AvgIpc) is 0.722. The summed E-state index contributed by atoms with van der Waals surface area (Å²) in [5.41, 5.74) is 0. The number of hydrogen-bond donors (Lipinski definition) is 2. The van der Waals surface area contributed by atoms with Crippen molar-refractivity contribution in [2.24, 2.45) is 0 Å². The fourth-order valence-electron chi connectivity index (χ4n) is 0. The van der Waals surface area contributed by atoms with Gasteiger partial charge in [-0.2, -0.15) is 8.42 Å². The van der Waals surface area contributed by atoms with Crippen LogP contribution in [0.2, 0.25) is 0 Å². The van der Waals surface area contributed by atoms with Crippen molar-refractivity contribution in [1.82, 2.24) is 0 Å². The Morgan fingerprint density at radius 3 is 1.12 bits per heavy atom. The van der Waals surface area contributed by atoms with E-state index >= 15 is 0 Å². The van der Waals surface area contributed by atoms with Crippen LogP contribution in [0.25, 0.3) is 0 Å². The van der Waals surface area contributed by atoms with Crippen LogP contribution in [0.1, 0.15) is 0 Å². The molecule has 4 nitrogen and oxygen atoms in total. The van der Waals surface area contributed by atoms with Crippen molar-refractivity contribution in [2.75, 3.05) is 0 Å². The molecular formula is H3CeLaLiO4S. The molecule has 8 heteroatoms. The summed E-state index contributed by atoms with van der Waals surface area (Å²) >= 11 is 0. The summed E-state index contributed by atoms with van der Waals surface area (Å²) < 4.78 is 31.6. The van der Waals surface area contributed by atoms with Crippen LogP contribution in [0.5, 0.6) is 0 Å². The zero-order chi connectivity index (χ0) is 4.50. The summed E-state index contributed by atoms with van der Waals surface area (Å²) in [6.45, 7) is 0. The zero-order valence-electron chi connectivity index (χ0n) is 3.20. The average molecular weight is 385 g/mol. The van der Waals surface area contributed by atoms with Gasteiger partial charge < -0.3 is 0 Å². The molecule has 2 N–H and O–H groups in total. The zero-order valence-corrected chi connectivity index (χ0v) is 10.8. The normalized spacial score (nSPS) is 7.25. The van der Waals surface area contributed by atoms with Crippen LogP contribution >= 0.6 is 0 Å². The minimum absolute atomic E-state index is 0. The minimum atomic E-state index is -4.67. The molecule has 8 heavy (non-hydrogen) atoms. The Morgan fingerprint density at radius 1 is 1.12 bits per heavy atom. The molecule has 0 aromatic rings. The van der Waals surface area contributed by atoms with Gasteiger partial charge in [-0.3, -0.25) is 9.11 Å². The first-order valence-corrected chi connectivity index (χ1v) is 2.10. The van der Waals surface area contributed by atoms with E-state index in [0.29, 0.717) is 0 Å². The van der Waals surface area contributed by atoms with Gasteiger partial charge in [0.2, 0.25) is 0 Å². The van der Waals surface area contributed by atoms with Crippen LogP contribution in [0, 0.1) is 77.3 Å². The van der Waals surface area contributed by atoms with E-state index in [0.717, 1.165) is 0 Å². The van der Waals surface area contributed by atoms with Crippen molar-refractivity contribution in [3.63, 3.8) is 0 Å². The first-order chi connectivity index (χ1) is 2.00. The predicted molar refractivity (Wildman–Crippen MR) is 21.3 cm³/mol. The molecule has 0 aliphatic heterocycles. The fraction of sp³-hybridized carbons (Fsp3) is 0. The third kappa shape index (κ3) is 63.3. The molecule has 0 heterocycles. The quantitative estimate of drug-likeness (QED) is 0.402. The monoisotopic (exact) mass is 385 g/mol. The first-order valence-electron chi connectivity index (χ1n) is 0.698. The predicted octanol–water partition coefficient (Wildman–Crippen LogP) is -1.30. The summed E-state index contributed by atoms with van der Waals surface area (Å²) in [6.07, 6.45) is 0. The molecular weight excluding hydrogens is 382 g/mol. The molecule has 0 aromatic heterocycles. The van der Waals surface area contributed by atoms with Gasteiger partial charge in [-0.15, -0.1) is 0 Å². The Labute approximate surface area is 121 Å². The van der Waals surface area contributed by atoms with Crippen molar-refractivity contribution in [2.45, 2.75) is 0 Å². The van der Waals surface area contributed by atoms with Gasteiger partial charge in [0.25, 0.3) is 0 Å². The summed E-state index contributed by atoms with van der Waals surface area (Å²) in [7, 11) is -4.67. The SMILES string of the molecule is O=S(=O)(O)O.[Ce].[La].[LiH]. The molecule has 0 unspecified atom stereocenters. The van der Waals surface area contributed by atoms with Crippen LogP contribution in [0.15, 0.2) is 0 Å². The fourth-order valence-corrected chi connectivity index (χ4v) is 0. The molecule has 0 bridgehead atoms. The third-order valence-electron chi connectivity index (χ3n) is 0. The van der Waals surface area contributed by atoms with E-state index in [1.807, 2.05) is 0 Å². The second kappa shape index (κ2) is 10.0. The van der Waals surface area contributed by atoms with E-state index in [4.69, 9.17) is 17.5 Å². The van der Waals surface area contributed by atoms with Gasteiger partial charge in [-0.25, -0.2) is 0 Å². The molecule has 0 aliphatic carbocycles. The van der Waals surface area contributed by atoms with Gasteiger partial charge in [0.1, 0.15) is 0 Å². The molecule has 0 rings (SSSR count). The van der Waals surface area contributed by atoms with Gasteiger partial charge in [0.05, 0.1) is 0 Å². The van der Waals surface area contributed by atoms with Crippen LogP contribution < -0.4 is 0 Å². The summed E-state index contributed by atoms with van der Waals surface area (Å²) in [6, 6.07) is 0. The first kappa shape index (κ1) is 22.5. The van der Waals surface area contributed by atoms with E-state index in [1.54, 1.807) is 0 Å². The Bertz CT molecular complexity index is 99.2. The Kier molecular flexibility index (Phi) is 28.2. The molecule has 0 aromatic carbocycles. The third-order valence-corrected chi connectivity index (χ3v) is 0. The molecule has 0 amide bonds. The van der Waals surface area contributed by atoms with Crippen molar-refractivity contribution in [3.8, 4) is 0 Å². The van der Waals surface area contributed by atoms with Crippen LogP contribution in [-0.4, -0.2) is 36.4 Å². The molecule has 0 fully saturated rings. The van der Waals surface area contributed by atoms with E-state index in [9.17, 15) is 0 Å². The van der Waals surface area contributed by atoms with Gasteiger partial charge in [-0.1, -0.05) is 0 Å². The second-order valence-corrected chi connectivity index (χ2v) is 1.34. The molecule has 0 spiro atoms. The maximum absolute atomic E-state index is 8.74. The van der Waals surface area contributed by atoms with Crippen molar-refractivity contribution in [1.29, 1.82) is 0 Å². The van der Waals surface area contributed by atoms with E-state index < -0.39 is 10.4 Å². The molecule has 0 atom stereocenters. The van der Waals surface area contributed by atoms with Gasteiger partial charge >= 0.3 is 29.3 Å². The van der Waals surface area contributed by atoms with Crippen molar-refractivity contribution < 1.29 is 94.9 Å². The van der Waals surface area contributed by atoms with E-state index in [1.165, 1.54) is 0 Å². The topological polar surface area (TPSA) is 74.6 Å². The molecule has 0 aliphatic rings. The van der Waals surface area contributed by atoms with Gasteiger partial charge in [0, 0.05) is 77.3 Å². The Morgan fingerprint density at radius 2 is 1.12 bits per heavy atom. The van der Waals surface area contributed by atoms with Gasteiger partial charge in [0.15, 0.2) is 0 Å². The van der Waals surface area contributed by atoms with Crippen molar-refractivity contribution >= 4 is 29.3 Å². The standard InChI is InChI=1S/Ce.La.Li.H2O4S.H/c;;;1-5(2,3)4;/h;;;(H2,1,2,3,4);. The molecule has 0 saturated carbocycles. The molecule has 1 radical (unpaired) electrons. The summed E-state index contributed by atoms with van der Waals surface area (Å²) in [4.78, 5) is 0. The van der Waals surface area contributed by atoms with Crippen molar-refractivity contribution in [3.05, 3.63) is 0 Å². The number of hydrogen-bond acceptors (Lipinski definition) is 2. The van der Waals surface area contributed by atoms with Crippen LogP contribution in [-0.2, 0) is 10.4 Å². The Balaban J connectivity index is -0.0000000267. The summed E-state index contributed by atoms with van der Waals surface area (Å²) in [5, 5.41) is 0. The second-order valence-electron chi connectivity index (χ2n) is 0.448. The number of rotatable bonds is 0. The maximum atomic E-state index is 8.74. The summed E-state index contributed by atoms with van der Waals surface area (Å²) in [5.74, 6) is 0. The van der Waals surface area contributed by atoms with Crippen LogP contribution in [0.4, 0.5) is 0 Å². The van der Waals surface area contributed by atoms with Crippen LogP contribution in [0.3, 0.4) is 0 Å². The van der Waals surface area contributed by atoms with E-state index in [2.05, 4.69) is 0 Å². The molecule has 41 valence electrons.